The molecular formula is C18H18N4. The van der Waals surface area contributed by atoms with Crippen LogP contribution in [0.15, 0.2) is 59.6 Å². The number of rotatable bonds is 4. The smallest absolute Gasteiger partial charge is 0.0964 e. The molecular weight excluding hydrogens is 272 g/mol. The summed E-state index contributed by atoms with van der Waals surface area (Å²) in [6.45, 7) is 1.78. The number of benzene rings is 2. The molecule has 2 aromatic carbocycles. The molecule has 0 bridgehead atoms. The van der Waals surface area contributed by atoms with Crippen LogP contribution in [0.4, 0.5) is 5.69 Å². The maximum Gasteiger partial charge on any atom is 0.0964 e. The second-order valence-corrected chi connectivity index (χ2v) is 5.32. The van der Waals surface area contributed by atoms with Crippen molar-refractivity contribution in [2.75, 3.05) is 0 Å². The SMILES string of the molecule is CC(N)=Nc1ccc2nnc(CCc3ccccc3)cc2c1. The minimum Gasteiger partial charge on any atom is -0.387 e. The topological polar surface area (TPSA) is 64.2 Å². The average Bonchev–Trinajstić information content (AvgIpc) is 2.53. The fourth-order valence-corrected chi connectivity index (χ4v) is 2.39. The molecule has 3 aromatic rings. The van der Waals surface area contributed by atoms with Crippen molar-refractivity contribution in [2.45, 2.75) is 19.8 Å². The summed E-state index contributed by atoms with van der Waals surface area (Å²) in [5.74, 6) is 0.547. The molecule has 0 radical (unpaired) electrons. The van der Waals surface area contributed by atoms with Crippen LogP contribution in [-0.2, 0) is 12.8 Å². The highest BCUT2D eigenvalue weighted by Crippen LogP contribution is 2.20. The first-order valence-electron chi connectivity index (χ1n) is 7.32. The summed E-state index contributed by atoms with van der Waals surface area (Å²) in [6.07, 6.45) is 1.83. The number of aromatic nitrogens is 2. The van der Waals surface area contributed by atoms with Crippen molar-refractivity contribution in [1.82, 2.24) is 10.2 Å². The highest BCUT2D eigenvalue weighted by molar-refractivity contribution is 5.85. The normalized spacial score (nSPS) is 11.8. The van der Waals surface area contributed by atoms with Crippen LogP contribution in [0.5, 0.6) is 0 Å². The average molecular weight is 290 g/mol. The van der Waals surface area contributed by atoms with Gasteiger partial charge in [0, 0.05) is 5.39 Å². The second kappa shape index (κ2) is 6.35. The summed E-state index contributed by atoms with van der Waals surface area (Å²) in [6, 6.07) is 18.3. The Kier molecular flexibility index (Phi) is 4.10. The number of aryl methyl sites for hydroxylation is 2. The van der Waals surface area contributed by atoms with E-state index in [1.54, 1.807) is 6.92 Å². The minimum absolute atomic E-state index is 0.547. The Morgan fingerprint density at radius 2 is 1.82 bits per heavy atom. The third kappa shape index (κ3) is 3.47. The molecule has 0 spiro atoms. The van der Waals surface area contributed by atoms with Crippen LogP contribution in [0, 0.1) is 0 Å². The number of nitrogens with two attached hydrogens (primary N) is 1. The minimum atomic E-state index is 0.547. The predicted octanol–water partition coefficient (Wildman–Crippen LogP) is 3.42. The van der Waals surface area contributed by atoms with Gasteiger partial charge < -0.3 is 5.73 Å². The second-order valence-electron chi connectivity index (χ2n) is 5.32. The third-order valence-corrected chi connectivity index (χ3v) is 3.44. The van der Waals surface area contributed by atoms with Gasteiger partial charge >= 0.3 is 0 Å². The Bertz CT molecular complexity index is 806. The summed E-state index contributed by atoms with van der Waals surface area (Å²) in [4.78, 5) is 4.28. The number of fused-ring (bicyclic) bond motifs is 1. The summed E-state index contributed by atoms with van der Waals surface area (Å²) in [7, 11) is 0. The molecule has 4 heteroatoms. The van der Waals surface area contributed by atoms with Crippen LogP contribution in [0.2, 0.25) is 0 Å². The molecule has 0 unspecified atom stereocenters. The first-order valence-corrected chi connectivity index (χ1v) is 7.32. The molecule has 0 saturated carbocycles. The molecule has 110 valence electrons. The first kappa shape index (κ1) is 14.2. The molecule has 1 heterocycles. The van der Waals surface area contributed by atoms with E-state index in [0.29, 0.717) is 5.84 Å². The molecule has 0 aliphatic rings. The van der Waals surface area contributed by atoms with Crippen molar-refractivity contribution in [3.05, 3.63) is 65.9 Å². The molecule has 4 nitrogen and oxygen atoms in total. The molecule has 0 fully saturated rings. The molecule has 22 heavy (non-hydrogen) atoms. The van der Waals surface area contributed by atoms with Crippen LogP contribution < -0.4 is 5.73 Å². The van der Waals surface area contributed by atoms with E-state index in [2.05, 4.69) is 45.5 Å². The number of hydrogen-bond donors (Lipinski definition) is 1. The lowest BCUT2D eigenvalue weighted by Gasteiger charge is -2.03. The zero-order valence-electron chi connectivity index (χ0n) is 12.5. The summed E-state index contributed by atoms with van der Waals surface area (Å²) in [5.41, 5.74) is 9.64. The van der Waals surface area contributed by atoms with Gasteiger partial charge in [0.25, 0.3) is 0 Å². The van der Waals surface area contributed by atoms with Crippen molar-refractivity contribution < 1.29 is 0 Å². The molecule has 0 aliphatic heterocycles. The van der Waals surface area contributed by atoms with Crippen LogP contribution in [0.3, 0.4) is 0 Å². The molecule has 0 atom stereocenters. The van der Waals surface area contributed by atoms with Crippen LogP contribution >= 0.6 is 0 Å². The van der Waals surface area contributed by atoms with Crippen molar-refractivity contribution in [3.63, 3.8) is 0 Å². The number of amidine groups is 1. The first-order chi connectivity index (χ1) is 10.7. The molecule has 3 rings (SSSR count). The molecule has 0 aliphatic carbocycles. The van der Waals surface area contributed by atoms with Crippen LogP contribution in [-0.4, -0.2) is 16.0 Å². The van der Waals surface area contributed by atoms with Gasteiger partial charge in [-0.15, -0.1) is 0 Å². The number of nitrogens with zero attached hydrogens (tertiary/aromatic N) is 3. The fraction of sp³-hybridized carbons (Fsp3) is 0.167. The maximum absolute atomic E-state index is 5.63. The standard InChI is InChI=1S/C18H18N4/c1-13(19)20-16-9-10-18-15(11-16)12-17(21-22-18)8-7-14-5-3-2-4-6-14/h2-6,9-12H,7-8H2,1H3,(H2,19,20). The van der Waals surface area contributed by atoms with Crippen molar-refractivity contribution in [1.29, 1.82) is 0 Å². The van der Waals surface area contributed by atoms with E-state index in [4.69, 9.17) is 5.73 Å². The van der Waals surface area contributed by atoms with Crippen LogP contribution in [0.25, 0.3) is 10.9 Å². The van der Waals surface area contributed by atoms with E-state index >= 15 is 0 Å². The van der Waals surface area contributed by atoms with Gasteiger partial charge in [0.1, 0.15) is 0 Å². The van der Waals surface area contributed by atoms with E-state index in [1.165, 1.54) is 5.56 Å². The fourth-order valence-electron chi connectivity index (χ4n) is 2.39. The quantitative estimate of drug-likeness (QED) is 0.591. The van der Waals surface area contributed by atoms with E-state index in [9.17, 15) is 0 Å². The summed E-state index contributed by atoms with van der Waals surface area (Å²) in [5, 5.41) is 9.63. The number of aliphatic imine (C=N–C) groups is 1. The Labute approximate surface area is 129 Å². The van der Waals surface area contributed by atoms with Gasteiger partial charge in [0.2, 0.25) is 0 Å². The Morgan fingerprint density at radius 1 is 1.00 bits per heavy atom. The number of hydrogen-bond acceptors (Lipinski definition) is 3. The van der Waals surface area contributed by atoms with E-state index < -0.39 is 0 Å². The zero-order chi connectivity index (χ0) is 15.4. The Hall–Kier alpha value is -2.75. The highest BCUT2D eigenvalue weighted by Gasteiger charge is 2.02. The van der Waals surface area contributed by atoms with E-state index in [1.807, 2.05) is 24.3 Å². The van der Waals surface area contributed by atoms with Crippen molar-refractivity contribution in [3.8, 4) is 0 Å². The highest BCUT2D eigenvalue weighted by atomic mass is 15.1. The van der Waals surface area contributed by atoms with Gasteiger partial charge in [-0.2, -0.15) is 10.2 Å². The van der Waals surface area contributed by atoms with E-state index in [-0.39, 0.29) is 0 Å². The van der Waals surface area contributed by atoms with Gasteiger partial charge in [-0.25, -0.2) is 4.99 Å². The lowest BCUT2D eigenvalue weighted by Crippen LogP contribution is -2.03. The molecule has 0 saturated heterocycles. The summed E-state index contributed by atoms with van der Waals surface area (Å²) < 4.78 is 0. The van der Waals surface area contributed by atoms with Gasteiger partial charge in [0.15, 0.2) is 0 Å². The van der Waals surface area contributed by atoms with Gasteiger partial charge in [0.05, 0.1) is 22.7 Å². The molecule has 1 aromatic heterocycles. The Balaban J connectivity index is 1.83. The molecule has 2 N–H and O–H groups in total. The van der Waals surface area contributed by atoms with Gasteiger partial charge in [-0.3, -0.25) is 0 Å². The lowest BCUT2D eigenvalue weighted by molar-refractivity contribution is 0.873. The van der Waals surface area contributed by atoms with Crippen LogP contribution in [0.1, 0.15) is 18.2 Å². The monoisotopic (exact) mass is 290 g/mol. The van der Waals surface area contributed by atoms with Crippen molar-refractivity contribution in [2.24, 2.45) is 10.7 Å². The van der Waals surface area contributed by atoms with Gasteiger partial charge in [-0.05, 0) is 49.6 Å². The predicted molar refractivity (Wildman–Crippen MR) is 90.3 cm³/mol. The lowest BCUT2D eigenvalue weighted by atomic mass is 10.1. The van der Waals surface area contributed by atoms with Gasteiger partial charge in [-0.1, -0.05) is 30.3 Å². The van der Waals surface area contributed by atoms with Crippen molar-refractivity contribution >= 4 is 22.4 Å². The van der Waals surface area contributed by atoms with E-state index in [0.717, 1.165) is 35.1 Å². The molecule has 0 amide bonds. The zero-order valence-corrected chi connectivity index (χ0v) is 12.5. The Morgan fingerprint density at radius 3 is 2.59 bits per heavy atom. The third-order valence-electron chi connectivity index (χ3n) is 3.44. The maximum atomic E-state index is 5.63. The largest absolute Gasteiger partial charge is 0.387 e. The summed E-state index contributed by atoms with van der Waals surface area (Å²) >= 11 is 0.